The SMILES string of the molecule is COC(=O)/C=C/c1cc(F)c([C@@H]2c3ccc(-c4ccc(N)nc4)cc3C[C@@H](C)N2CC(C)(C)F)c(F)c1. The van der Waals surface area contributed by atoms with Crippen molar-refractivity contribution < 1.29 is 22.7 Å². The Kier molecular flexibility index (Phi) is 7.41. The lowest BCUT2D eigenvalue weighted by Gasteiger charge is -2.44. The second-order valence-corrected chi connectivity index (χ2v) is 9.99. The second kappa shape index (κ2) is 10.4. The summed E-state index contributed by atoms with van der Waals surface area (Å²) in [5.41, 5.74) is 7.56. The van der Waals surface area contributed by atoms with Crippen LogP contribution in [0.4, 0.5) is 19.0 Å². The molecular weight excluding hydrogens is 479 g/mol. The minimum Gasteiger partial charge on any atom is -0.466 e. The van der Waals surface area contributed by atoms with E-state index in [4.69, 9.17) is 5.73 Å². The van der Waals surface area contributed by atoms with Crippen LogP contribution in [0.5, 0.6) is 0 Å². The summed E-state index contributed by atoms with van der Waals surface area (Å²) in [4.78, 5) is 17.4. The molecule has 2 N–H and O–H groups in total. The third kappa shape index (κ3) is 5.85. The molecule has 1 aliphatic heterocycles. The number of esters is 1. The van der Waals surface area contributed by atoms with E-state index in [1.807, 2.05) is 36.1 Å². The van der Waals surface area contributed by atoms with E-state index in [1.165, 1.54) is 39.2 Å². The number of hydrogen-bond donors (Lipinski definition) is 1. The number of nitrogens with two attached hydrogens (primary N) is 1. The fourth-order valence-corrected chi connectivity index (χ4v) is 4.87. The van der Waals surface area contributed by atoms with Crippen LogP contribution in [-0.2, 0) is 16.0 Å². The molecule has 0 aliphatic carbocycles. The maximum Gasteiger partial charge on any atom is 0.330 e. The number of alkyl halides is 1. The molecular formula is C29H30F3N3O2. The number of aromatic nitrogens is 1. The maximum atomic E-state index is 15.6. The van der Waals surface area contributed by atoms with Crippen LogP contribution >= 0.6 is 0 Å². The molecule has 0 saturated heterocycles. The zero-order valence-electron chi connectivity index (χ0n) is 21.3. The number of nitrogen functional groups attached to an aromatic ring is 1. The van der Waals surface area contributed by atoms with Gasteiger partial charge in [-0.2, -0.15) is 0 Å². The Balaban J connectivity index is 1.83. The summed E-state index contributed by atoms with van der Waals surface area (Å²) >= 11 is 0. The Labute approximate surface area is 214 Å². The van der Waals surface area contributed by atoms with Crippen molar-refractivity contribution in [2.75, 3.05) is 19.4 Å². The first-order valence-electron chi connectivity index (χ1n) is 12.0. The molecule has 8 heteroatoms. The van der Waals surface area contributed by atoms with E-state index in [-0.39, 0.29) is 23.7 Å². The van der Waals surface area contributed by atoms with Crippen molar-refractivity contribution in [2.24, 2.45) is 0 Å². The largest absolute Gasteiger partial charge is 0.466 e. The molecule has 0 fully saturated rings. The quantitative estimate of drug-likeness (QED) is 0.332. The van der Waals surface area contributed by atoms with Gasteiger partial charge in [0.1, 0.15) is 23.1 Å². The van der Waals surface area contributed by atoms with Crippen LogP contribution in [0.2, 0.25) is 0 Å². The highest BCUT2D eigenvalue weighted by Gasteiger charge is 2.39. The summed E-state index contributed by atoms with van der Waals surface area (Å²) in [5, 5.41) is 0. The number of fused-ring (bicyclic) bond motifs is 1. The molecule has 2 heterocycles. The van der Waals surface area contributed by atoms with Gasteiger partial charge >= 0.3 is 5.97 Å². The Morgan fingerprint density at radius 3 is 2.43 bits per heavy atom. The van der Waals surface area contributed by atoms with Crippen molar-refractivity contribution >= 4 is 17.9 Å². The molecule has 4 rings (SSSR count). The molecule has 2 aromatic carbocycles. The molecule has 0 saturated carbocycles. The van der Waals surface area contributed by atoms with Crippen molar-refractivity contribution in [3.05, 3.63) is 88.6 Å². The molecule has 0 bridgehead atoms. The highest BCUT2D eigenvalue weighted by Crippen LogP contribution is 2.42. The number of ether oxygens (including phenoxy) is 1. The average molecular weight is 510 g/mol. The lowest BCUT2D eigenvalue weighted by Crippen LogP contribution is -2.48. The molecule has 1 aromatic heterocycles. The van der Waals surface area contributed by atoms with Crippen molar-refractivity contribution in [2.45, 2.75) is 44.9 Å². The summed E-state index contributed by atoms with van der Waals surface area (Å²) in [7, 11) is 1.22. The third-order valence-electron chi connectivity index (χ3n) is 6.52. The monoisotopic (exact) mass is 509 g/mol. The second-order valence-electron chi connectivity index (χ2n) is 9.99. The predicted octanol–water partition coefficient (Wildman–Crippen LogP) is 5.88. The smallest absolute Gasteiger partial charge is 0.330 e. The Morgan fingerprint density at radius 2 is 1.84 bits per heavy atom. The summed E-state index contributed by atoms with van der Waals surface area (Å²) in [5.74, 6) is -1.77. The Hall–Kier alpha value is -3.65. The van der Waals surface area contributed by atoms with Crippen LogP contribution in [-0.4, -0.2) is 41.2 Å². The highest BCUT2D eigenvalue weighted by atomic mass is 19.1. The van der Waals surface area contributed by atoms with Crippen LogP contribution in [0.25, 0.3) is 17.2 Å². The van der Waals surface area contributed by atoms with Gasteiger partial charge in [0.2, 0.25) is 0 Å². The number of carbonyl (C=O) groups is 1. The number of halogens is 3. The maximum absolute atomic E-state index is 15.6. The van der Waals surface area contributed by atoms with Gasteiger partial charge in [-0.15, -0.1) is 0 Å². The zero-order valence-corrected chi connectivity index (χ0v) is 21.3. The fourth-order valence-electron chi connectivity index (χ4n) is 4.87. The van der Waals surface area contributed by atoms with Gasteiger partial charge < -0.3 is 10.5 Å². The average Bonchev–Trinajstić information content (AvgIpc) is 2.83. The van der Waals surface area contributed by atoms with Crippen LogP contribution in [0.3, 0.4) is 0 Å². The number of benzene rings is 2. The number of rotatable bonds is 6. The molecule has 0 spiro atoms. The number of anilines is 1. The molecule has 194 valence electrons. The Morgan fingerprint density at radius 1 is 1.16 bits per heavy atom. The van der Waals surface area contributed by atoms with Crippen molar-refractivity contribution in [3.63, 3.8) is 0 Å². The lowest BCUT2D eigenvalue weighted by atomic mass is 9.82. The number of nitrogens with zero attached hydrogens (tertiary/aromatic N) is 2. The minimum absolute atomic E-state index is 0.00915. The van der Waals surface area contributed by atoms with Crippen LogP contribution in [0, 0.1) is 11.6 Å². The van der Waals surface area contributed by atoms with Gasteiger partial charge in [-0.3, -0.25) is 4.90 Å². The zero-order chi connectivity index (χ0) is 26.9. The number of carbonyl (C=O) groups excluding carboxylic acids is 1. The van der Waals surface area contributed by atoms with Gasteiger partial charge in [0.25, 0.3) is 0 Å². The van der Waals surface area contributed by atoms with E-state index in [0.717, 1.165) is 22.8 Å². The van der Waals surface area contributed by atoms with E-state index < -0.39 is 29.3 Å². The summed E-state index contributed by atoms with van der Waals surface area (Å²) in [6.45, 7) is 4.83. The first-order chi connectivity index (χ1) is 17.5. The number of hydrogen-bond acceptors (Lipinski definition) is 5. The minimum atomic E-state index is -1.59. The van der Waals surface area contributed by atoms with Gasteiger partial charge in [-0.1, -0.05) is 18.2 Å². The van der Waals surface area contributed by atoms with E-state index in [9.17, 15) is 9.18 Å². The first kappa shape index (κ1) is 26.4. The molecule has 37 heavy (non-hydrogen) atoms. The fraction of sp³-hybridized carbons (Fsp3) is 0.310. The van der Waals surface area contributed by atoms with Crippen molar-refractivity contribution in [1.29, 1.82) is 0 Å². The van der Waals surface area contributed by atoms with Gasteiger partial charge in [0, 0.05) is 36.0 Å². The van der Waals surface area contributed by atoms with Gasteiger partial charge in [-0.25, -0.2) is 22.9 Å². The van der Waals surface area contributed by atoms with Gasteiger partial charge in [0.15, 0.2) is 0 Å². The molecule has 5 nitrogen and oxygen atoms in total. The number of pyridine rings is 1. The topological polar surface area (TPSA) is 68.5 Å². The molecule has 1 aliphatic rings. The van der Waals surface area contributed by atoms with Crippen LogP contribution in [0.15, 0.2) is 54.7 Å². The standard InChI is InChI=1S/C29H30F3N3O2/c1-17-11-21-14-19(20-7-9-25(33)34-15-20)6-8-22(21)28(35(17)16-29(2,3)32)27-23(30)12-18(13-24(27)31)5-10-26(36)37-4/h5-10,12-15,17,28H,11,16H2,1-4H3,(H2,33,34)/b10-5+/t17-,28+/m1/s1. The summed E-state index contributed by atoms with van der Waals surface area (Å²) in [6, 6.07) is 10.6. The molecule has 3 aromatic rings. The third-order valence-corrected chi connectivity index (χ3v) is 6.52. The van der Waals surface area contributed by atoms with E-state index in [1.54, 1.807) is 12.3 Å². The molecule has 0 unspecified atom stereocenters. The lowest BCUT2D eigenvalue weighted by molar-refractivity contribution is -0.134. The van der Waals surface area contributed by atoms with Crippen LogP contribution in [0.1, 0.15) is 49.1 Å². The van der Waals surface area contributed by atoms with Crippen molar-refractivity contribution in [1.82, 2.24) is 9.88 Å². The van der Waals surface area contributed by atoms with E-state index in [2.05, 4.69) is 9.72 Å². The molecule has 0 radical (unpaired) electrons. The van der Waals surface area contributed by atoms with E-state index >= 15 is 8.78 Å². The molecule has 0 amide bonds. The van der Waals surface area contributed by atoms with Gasteiger partial charge in [-0.05, 0) is 79.8 Å². The highest BCUT2D eigenvalue weighted by molar-refractivity contribution is 5.86. The van der Waals surface area contributed by atoms with Crippen molar-refractivity contribution in [3.8, 4) is 11.1 Å². The summed E-state index contributed by atoms with van der Waals surface area (Å²) < 4.78 is 50.6. The van der Waals surface area contributed by atoms with Crippen LogP contribution < -0.4 is 5.73 Å². The number of methoxy groups -OCH3 is 1. The first-order valence-corrected chi connectivity index (χ1v) is 12.0. The van der Waals surface area contributed by atoms with Gasteiger partial charge in [0.05, 0.1) is 13.2 Å². The predicted molar refractivity (Wildman–Crippen MR) is 138 cm³/mol. The summed E-state index contributed by atoms with van der Waals surface area (Å²) in [6.07, 6.45) is 4.64. The molecule has 2 atom stereocenters. The normalized spacial score (nSPS) is 18.1. The Bertz CT molecular complexity index is 1310. The van der Waals surface area contributed by atoms with E-state index in [0.29, 0.717) is 17.8 Å².